The van der Waals surface area contributed by atoms with Gasteiger partial charge < -0.3 is 41.4 Å². The molecule has 3 saturated carbocycles. The van der Waals surface area contributed by atoms with E-state index in [1.807, 2.05) is 46.4 Å². The minimum Gasteiger partial charge on any atom is -0.448 e. The lowest BCUT2D eigenvalue weighted by Crippen LogP contribution is -2.41. The van der Waals surface area contributed by atoms with Crippen LogP contribution < -0.4 is 44.1 Å². The molecule has 0 radical (unpaired) electrons. The Morgan fingerprint density at radius 2 is 0.851 bits per heavy atom. The first-order valence-corrected chi connectivity index (χ1v) is 35.0. The van der Waals surface area contributed by atoms with Gasteiger partial charge in [-0.3, -0.25) is 27.4 Å². The molecule has 534 valence electrons. The van der Waals surface area contributed by atoms with E-state index in [0.29, 0.717) is 88.3 Å². The lowest BCUT2D eigenvalue weighted by atomic mass is 9.90. The largest absolute Gasteiger partial charge is 0.448 e. The number of nitrogens with zero attached hydrogens (tertiary/aromatic N) is 13. The van der Waals surface area contributed by atoms with Crippen LogP contribution in [0.4, 0.5) is 40.6 Å². The molecule has 1 saturated heterocycles. The molecule has 3 aromatic carbocycles. The van der Waals surface area contributed by atoms with E-state index in [-0.39, 0.29) is 101 Å². The molecule has 3 aliphatic carbocycles. The summed E-state index contributed by atoms with van der Waals surface area (Å²) in [6.45, 7) is 12.9. The van der Waals surface area contributed by atoms with Crippen LogP contribution >= 0.6 is 11.6 Å². The average molecular weight is 1410 g/mol. The van der Waals surface area contributed by atoms with E-state index >= 15 is 0 Å². The number of ether oxygens (including phenoxy) is 2. The van der Waals surface area contributed by atoms with E-state index < -0.39 is 6.09 Å². The highest BCUT2D eigenvalue weighted by molar-refractivity contribution is 6.18. The zero-order chi connectivity index (χ0) is 71.4. The van der Waals surface area contributed by atoms with Crippen molar-refractivity contribution < 1.29 is 32.2 Å². The number of rotatable bonds is 19. The van der Waals surface area contributed by atoms with Gasteiger partial charge in [-0.05, 0) is 210 Å². The zero-order valence-corrected chi connectivity index (χ0v) is 58.2. The molecule has 9 aromatic rings. The molecule has 6 N–H and O–H groups in total. The van der Waals surface area contributed by atoms with Crippen molar-refractivity contribution in [3.05, 3.63) is 177 Å². The second kappa shape index (κ2) is 32.9. The van der Waals surface area contributed by atoms with Crippen molar-refractivity contribution in [1.29, 1.82) is 0 Å². The number of alkyl carbamates (subject to hydrolysis) is 1. The summed E-state index contributed by atoms with van der Waals surface area (Å²) < 4.78 is 60.1. The van der Waals surface area contributed by atoms with Gasteiger partial charge in [0, 0.05) is 91.6 Å². The van der Waals surface area contributed by atoms with E-state index in [0.717, 1.165) is 77.0 Å². The number of halogens is 4. The van der Waals surface area contributed by atoms with Gasteiger partial charge in [0.15, 0.2) is 0 Å². The summed E-state index contributed by atoms with van der Waals surface area (Å²) in [4.78, 5) is 92.1. The molecule has 0 atom stereocenters. The molecule has 4 aliphatic rings. The minimum absolute atomic E-state index is 0.0242. The van der Waals surface area contributed by atoms with Crippen LogP contribution in [0.15, 0.2) is 143 Å². The van der Waals surface area contributed by atoms with Gasteiger partial charge in [-0.15, -0.1) is 11.6 Å². The summed E-state index contributed by atoms with van der Waals surface area (Å²) >= 11 is 5.55. The quantitative estimate of drug-likeness (QED) is 0.0470. The van der Waals surface area contributed by atoms with Crippen molar-refractivity contribution in [2.45, 2.75) is 173 Å². The normalized spacial score (nSPS) is 19.1. The Balaban J connectivity index is 0.000000153. The van der Waals surface area contributed by atoms with Crippen LogP contribution in [0.1, 0.15) is 137 Å². The molecular weight excluding hydrogens is 1320 g/mol. The molecule has 0 bridgehead atoms. The number of benzene rings is 3. The number of hydrogen-bond acceptors (Lipinski definition) is 17. The zero-order valence-electron chi connectivity index (χ0n) is 57.4. The second-order valence-electron chi connectivity index (χ2n) is 26.5. The van der Waals surface area contributed by atoms with Gasteiger partial charge in [-0.1, -0.05) is 0 Å². The highest BCUT2D eigenvalue weighted by Crippen LogP contribution is 2.31. The lowest BCUT2D eigenvalue weighted by molar-refractivity contribution is 0.137. The number of aromatic nitrogens is 12. The third-order valence-corrected chi connectivity index (χ3v) is 18.6. The molecule has 4 fully saturated rings. The fraction of sp³-hybridized carbons (Fsp3) is 0.431. The van der Waals surface area contributed by atoms with Crippen LogP contribution in [0.3, 0.4) is 0 Å². The van der Waals surface area contributed by atoms with Crippen LogP contribution in [0.25, 0.3) is 51.2 Å². The van der Waals surface area contributed by atoms with Crippen molar-refractivity contribution in [2.24, 2.45) is 5.73 Å². The van der Waals surface area contributed by atoms with Crippen LogP contribution in [0.2, 0.25) is 0 Å². The molecule has 6 aromatic heterocycles. The van der Waals surface area contributed by atoms with Crippen molar-refractivity contribution in [2.75, 3.05) is 41.6 Å². The standard InChI is InChI=1S/C25H30ClFN6O3.C25H29FN6O3.C22H27FN6O/c1-16(2)32-15-22(33(25(32)35)20-9-3-17(27)4-10-20)21-11-13-28-23(31-21)29-18-5-7-19(8-6-18)30-24(34)36-14-12-26;1-16(2)31-15-22(32(24(31)33)20-7-3-17(26)4-8-20)21-11-12-27-23(29-21)28-18-5-9-19(10-6-18)30-13-14-35-25(30)34;1-14(2)28-13-20(29(22(28)30)18-9-3-15(23)4-10-18)19-11-12-25-21(27-19)26-17-7-5-16(24)6-8-17/h3-4,9-11,13,15-16,18-19H,5-8,12,14H2,1-2H3,(H,30,34)(H,28,29,31);3-4,7-8,11-12,15-16,18-19H,5-6,9-10,13-14H2,1-2H3,(H,27,28,29);3-4,9-14,16-17H,5-8,24H2,1-2H3,(H,25,26,27). The predicted molar refractivity (Wildman–Crippen MR) is 381 cm³/mol. The third kappa shape index (κ3) is 17.7. The number of nitrogens with one attached hydrogen (secondary N) is 4. The maximum absolute atomic E-state index is 13.5. The summed E-state index contributed by atoms with van der Waals surface area (Å²) in [5.41, 5.74) is 10.7. The van der Waals surface area contributed by atoms with Gasteiger partial charge in [0.05, 0.1) is 63.7 Å². The summed E-state index contributed by atoms with van der Waals surface area (Å²) in [5, 5.41) is 13.1. The highest BCUT2D eigenvalue weighted by Gasteiger charge is 2.34. The third-order valence-electron chi connectivity index (χ3n) is 18.5. The number of nitrogens with two attached hydrogens (primary N) is 1. The molecule has 7 heterocycles. The molecule has 0 spiro atoms. The number of anilines is 3. The Hall–Kier alpha value is -10.1. The van der Waals surface area contributed by atoms with Gasteiger partial charge in [0.2, 0.25) is 17.8 Å². The summed E-state index contributed by atoms with van der Waals surface area (Å²) in [6, 6.07) is 23.9. The Bertz CT molecular complexity index is 4450. The highest BCUT2D eigenvalue weighted by atomic mass is 35.5. The molecular formula is C72H86ClF3N18O7. The van der Waals surface area contributed by atoms with Crippen molar-refractivity contribution >= 4 is 41.6 Å². The Morgan fingerprint density at radius 1 is 0.515 bits per heavy atom. The maximum Gasteiger partial charge on any atom is 0.410 e. The maximum atomic E-state index is 13.5. The van der Waals surface area contributed by atoms with E-state index in [1.165, 1.54) is 41.0 Å². The molecule has 25 nitrogen and oxygen atoms in total. The lowest BCUT2D eigenvalue weighted by Gasteiger charge is -2.33. The number of carbonyl (C=O) groups excluding carboxylic acids is 2. The monoisotopic (exact) mass is 1410 g/mol. The van der Waals surface area contributed by atoms with Crippen molar-refractivity contribution in [1.82, 2.24) is 67.5 Å². The van der Waals surface area contributed by atoms with Gasteiger partial charge in [-0.25, -0.2) is 67.0 Å². The molecule has 101 heavy (non-hydrogen) atoms. The summed E-state index contributed by atoms with van der Waals surface area (Å²) in [5.74, 6) is 0.660. The number of carbonyl (C=O) groups is 2. The van der Waals surface area contributed by atoms with Gasteiger partial charge in [0.25, 0.3) is 0 Å². The fourth-order valence-corrected chi connectivity index (χ4v) is 13.2. The number of alkyl halides is 1. The molecule has 2 amide bonds. The first kappa shape index (κ1) is 72.2. The number of hydrogen-bond donors (Lipinski definition) is 5. The number of amides is 2. The molecule has 1 aliphatic heterocycles. The summed E-state index contributed by atoms with van der Waals surface area (Å²) in [6.07, 6.45) is 20.5. The molecule has 13 rings (SSSR count). The van der Waals surface area contributed by atoms with E-state index in [1.54, 1.807) is 115 Å². The van der Waals surface area contributed by atoms with E-state index in [9.17, 15) is 37.1 Å². The Morgan fingerprint density at radius 3 is 1.18 bits per heavy atom. The fourth-order valence-electron chi connectivity index (χ4n) is 13.1. The molecule has 0 unspecified atom stereocenters. The average Bonchev–Trinajstić information content (AvgIpc) is 1.65. The van der Waals surface area contributed by atoms with Crippen LogP contribution in [0.5, 0.6) is 0 Å². The van der Waals surface area contributed by atoms with E-state index in [2.05, 4.69) is 46.2 Å². The Kier molecular flexibility index (Phi) is 23.5. The topological polar surface area (TPSA) is 288 Å². The van der Waals surface area contributed by atoms with Crippen molar-refractivity contribution in [3.63, 3.8) is 0 Å². The van der Waals surface area contributed by atoms with Crippen molar-refractivity contribution in [3.8, 4) is 51.2 Å². The predicted octanol–water partition coefficient (Wildman–Crippen LogP) is 12.0. The van der Waals surface area contributed by atoms with Gasteiger partial charge in [-0.2, -0.15) is 0 Å². The second-order valence-corrected chi connectivity index (χ2v) is 26.9. The SMILES string of the molecule is CC(C)n1cc(-c2ccnc(NC3CCC(N)CC3)n2)n(-c2ccc(F)cc2)c1=O.CC(C)n1cc(-c2ccnc(NC3CCC(N4CCOC4=O)CC3)n2)n(-c2ccc(F)cc2)c1=O.CC(C)n1cc(-c2ccnc(NC3CCC(NC(=O)OCCCl)CC3)n2)n(-c2ccc(F)cc2)c1=O. The van der Waals surface area contributed by atoms with Crippen LogP contribution in [0, 0.1) is 17.5 Å². The van der Waals surface area contributed by atoms with Crippen LogP contribution in [-0.4, -0.2) is 136 Å². The van der Waals surface area contributed by atoms with Crippen LogP contribution in [-0.2, 0) is 9.47 Å². The first-order valence-electron chi connectivity index (χ1n) is 34.5. The first-order chi connectivity index (χ1) is 48.7. The van der Waals surface area contributed by atoms with Gasteiger partial charge in [0.1, 0.15) is 30.7 Å². The van der Waals surface area contributed by atoms with Gasteiger partial charge >= 0.3 is 29.3 Å². The van der Waals surface area contributed by atoms with E-state index in [4.69, 9.17) is 31.8 Å². The Labute approximate surface area is 587 Å². The summed E-state index contributed by atoms with van der Waals surface area (Å²) in [7, 11) is 0. The smallest absolute Gasteiger partial charge is 0.410 e. The minimum atomic E-state index is -0.441. The number of cyclic esters (lactones) is 1. The molecule has 29 heteroatoms. The number of imidazole rings is 3.